The largest absolute Gasteiger partial charge is 0.103 e. The summed E-state index contributed by atoms with van der Waals surface area (Å²) < 4.78 is 0. The molecular weight excluding hydrogens is 120 g/mol. The third kappa shape index (κ3) is 1.80. The Bertz CT molecular complexity index is 131. The van der Waals surface area contributed by atoms with E-state index in [0.717, 1.165) is 5.92 Å². The third-order valence-electron chi connectivity index (χ3n) is 2.45. The fraction of sp³-hybridized carbons (Fsp3) is 0.700. The lowest BCUT2D eigenvalue weighted by atomic mass is 9.83. The molecule has 0 radical (unpaired) electrons. The minimum absolute atomic E-state index is 0.878. The fourth-order valence-electron chi connectivity index (χ4n) is 1.49. The Morgan fingerprint density at radius 2 is 2.20 bits per heavy atom. The summed E-state index contributed by atoms with van der Waals surface area (Å²) >= 11 is 0. The molecule has 0 aromatic heterocycles. The van der Waals surface area contributed by atoms with Gasteiger partial charge in [0.15, 0.2) is 0 Å². The maximum atomic E-state index is 2.39. The summed E-state index contributed by atoms with van der Waals surface area (Å²) in [5.41, 5.74) is 1.58. The number of allylic oxidation sites excluding steroid dienone is 2. The van der Waals surface area contributed by atoms with Crippen LogP contribution in [0, 0.1) is 11.8 Å². The highest BCUT2D eigenvalue weighted by Crippen LogP contribution is 2.29. The van der Waals surface area contributed by atoms with E-state index in [1.807, 2.05) is 0 Å². The van der Waals surface area contributed by atoms with Crippen LogP contribution in [0.3, 0.4) is 0 Å². The number of hydrogen-bond acceptors (Lipinski definition) is 0. The Morgan fingerprint density at radius 1 is 1.50 bits per heavy atom. The van der Waals surface area contributed by atoms with Crippen molar-refractivity contribution >= 4 is 0 Å². The van der Waals surface area contributed by atoms with E-state index in [-0.39, 0.29) is 0 Å². The van der Waals surface area contributed by atoms with Crippen molar-refractivity contribution < 1.29 is 0 Å². The average Bonchev–Trinajstić information content (AvgIpc) is 1.88. The summed E-state index contributed by atoms with van der Waals surface area (Å²) in [4.78, 5) is 0. The number of hydrogen-bond donors (Lipinski definition) is 0. The first-order valence-electron chi connectivity index (χ1n) is 4.16. The zero-order valence-electron chi connectivity index (χ0n) is 7.28. The summed E-state index contributed by atoms with van der Waals surface area (Å²) in [6.45, 7) is 6.74. The first-order chi connectivity index (χ1) is 4.70. The smallest absolute Gasteiger partial charge is 0.0811 e. The molecule has 1 aliphatic carbocycles. The van der Waals surface area contributed by atoms with Gasteiger partial charge in [-0.15, -0.1) is 0 Å². The van der Waals surface area contributed by atoms with Crippen molar-refractivity contribution in [2.75, 3.05) is 0 Å². The van der Waals surface area contributed by atoms with Crippen LogP contribution in [-0.2, 0) is 0 Å². The van der Waals surface area contributed by atoms with Gasteiger partial charge in [0.1, 0.15) is 5.92 Å². The first kappa shape index (κ1) is 7.71. The molecule has 10 heavy (non-hydrogen) atoms. The summed E-state index contributed by atoms with van der Waals surface area (Å²) in [7, 11) is 0. The molecule has 56 valence electrons. The highest BCUT2D eigenvalue weighted by molar-refractivity contribution is 5.07. The molecule has 0 heterocycles. The Balaban J connectivity index is 2.42. The Kier molecular flexibility index (Phi) is 2.42. The topological polar surface area (TPSA) is 0 Å². The summed E-state index contributed by atoms with van der Waals surface area (Å²) in [6.07, 6.45) is 6.37. The highest BCUT2D eigenvalue weighted by Gasteiger charge is 2.23. The van der Waals surface area contributed by atoms with Crippen molar-refractivity contribution in [3.8, 4) is 0 Å². The predicted octanol–water partition coefficient (Wildman–Crippen LogP) is 3.35. The lowest BCUT2D eigenvalue weighted by molar-refractivity contribution is 0.488. The molecule has 0 saturated carbocycles. The summed E-state index contributed by atoms with van der Waals surface area (Å²) in [5, 5.41) is 0. The van der Waals surface area contributed by atoms with Crippen LogP contribution in [-0.4, -0.2) is 0 Å². The number of rotatable bonds is 1. The minimum atomic E-state index is 0.878. The molecule has 1 atom stereocenters. The standard InChI is InChI=1S/C10H17/c1-8(2)10-6-4-9(3)5-7-10/h4,10H,5-7H2,1-3H3/q+1/t10-/m1/s1. The van der Waals surface area contributed by atoms with Crippen LogP contribution in [0.5, 0.6) is 0 Å². The Labute approximate surface area is 64.3 Å². The molecule has 1 rings (SSSR count). The normalized spacial score (nSPS) is 25.9. The molecule has 1 aliphatic rings. The van der Waals surface area contributed by atoms with Gasteiger partial charge in [-0.2, -0.15) is 0 Å². The maximum Gasteiger partial charge on any atom is 0.103 e. The van der Waals surface area contributed by atoms with E-state index in [9.17, 15) is 0 Å². The van der Waals surface area contributed by atoms with Gasteiger partial charge >= 0.3 is 0 Å². The highest BCUT2D eigenvalue weighted by atomic mass is 14.2. The zero-order chi connectivity index (χ0) is 7.56. The summed E-state index contributed by atoms with van der Waals surface area (Å²) in [6, 6.07) is 0. The fourth-order valence-corrected chi connectivity index (χ4v) is 1.49. The van der Waals surface area contributed by atoms with E-state index >= 15 is 0 Å². The van der Waals surface area contributed by atoms with Crippen LogP contribution >= 0.6 is 0 Å². The van der Waals surface area contributed by atoms with Crippen molar-refractivity contribution in [3.63, 3.8) is 0 Å². The molecular formula is C10H17+. The molecule has 0 nitrogen and oxygen atoms in total. The zero-order valence-corrected chi connectivity index (χ0v) is 7.28. The second kappa shape index (κ2) is 3.14. The molecule has 0 saturated heterocycles. The van der Waals surface area contributed by atoms with Gasteiger partial charge in [0.2, 0.25) is 0 Å². The van der Waals surface area contributed by atoms with Gasteiger partial charge in [-0.3, -0.25) is 0 Å². The van der Waals surface area contributed by atoms with Crippen LogP contribution < -0.4 is 0 Å². The molecule has 0 amide bonds. The molecule has 0 aromatic carbocycles. The van der Waals surface area contributed by atoms with Gasteiger partial charge in [0.05, 0.1) is 19.8 Å². The monoisotopic (exact) mass is 137 g/mol. The summed E-state index contributed by atoms with van der Waals surface area (Å²) in [5.74, 6) is 2.48. The minimum Gasteiger partial charge on any atom is -0.0811 e. The van der Waals surface area contributed by atoms with Crippen molar-refractivity contribution in [1.29, 1.82) is 0 Å². The predicted molar refractivity (Wildman–Crippen MR) is 45.7 cm³/mol. The van der Waals surface area contributed by atoms with E-state index in [1.165, 1.54) is 19.3 Å². The lowest BCUT2D eigenvalue weighted by Gasteiger charge is -2.16. The van der Waals surface area contributed by atoms with E-state index in [2.05, 4.69) is 26.8 Å². The molecule has 0 bridgehead atoms. The second-order valence-electron chi connectivity index (χ2n) is 3.60. The molecule has 0 aliphatic heterocycles. The van der Waals surface area contributed by atoms with Crippen LogP contribution in [0.25, 0.3) is 0 Å². The van der Waals surface area contributed by atoms with Crippen LogP contribution in [0.2, 0.25) is 0 Å². The molecule has 0 aromatic rings. The van der Waals surface area contributed by atoms with E-state index in [1.54, 1.807) is 11.5 Å². The van der Waals surface area contributed by atoms with E-state index < -0.39 is 0 Å². The van der Waals surface area contributed by atoms with Crippen molar-refractivity contribution in [2.45, 2.75) is 40.0 Å². The molecule has 0 heteroatoms. The molecule has 0 unspecified atom stereocenters. The molecule has 0 N–H and O–H groups in total. The quantitative estimate of drug-likeness (QED) is 0.384. The van der Waals surface area contributed by atoms with E-state index in [0.29, 0.717) is 0 Å². The van der Waals surface area contributed by atoms with E-state index in [4.69, 9.17) is 0 Å². The Morgan fingerprint density at radius 3 is 2.60 bits per heavy atom. The van der Waals surface area contributed by atoms with Gasteiger partial charge in [-0.25, -0.2) is 0 Å². The van der Waals surface area contributed by atoms with Gasteiger partial charge in [0.25, 0.3) is 0 Å². The van der Waals surface area contributed by atoms with Crippen LogP contribution in [0.1, 0.15) is 40.0 Å². The van der Waals surface area contributed by atoms with Crippen molar-refractivity contribution in [3.05, 3.63) is 17.6 Å². The van der Waals surface area contributed by atoms with Gasteiger partial charge in [0, 0.05) is 6.42 Å². The van der Waals surface area contributed by atoms with Crippen molar-refractivity contribution in [1.82, 2.24) is 0 Å². The lowest BCUT2D eigenvalue weighted by Crippen LogP contribution is -2.09. The first-order valence-corrected chi connectivity index (χ1v) is 4.16. The third-order valence-corrected chi connectivity index (χ3v) is 2.45. The van der Waals surface area contributed by atoms with Crippen LogP contribution in [0.15, 0.2) is 11.6 Å². The van der Waals surface area contributed by atoms with Gasteiger partial charge in [-0.05, 0) is 19.8 Å². The van der Waals surface area contributed by atoms with Crippen molar-refractivity contribution in [2.24, 2.45) is 5.92 Å². The molecule has 0 fully saturated rings. The second-order valence-corrected chi connectivity index (χ2v) is 3.60. The average molecular weight is 137 g/mol. The van der Waals surface area contributed by atoms with Crippen LogP contribution in [0.4, 0.5) is 0 Å². The SMILES string of the molecule is CC1=CC[C@@H]([C+](C)C)CC1. The molecule has 0 spiro atoms. The Hall–Kier alpha value is -0.390. The van der Waals surface area contributed by atoms with Gasteiger partial charge < -0.3 is 0 Å². The maximum absolute atomic E-state index is 2.39. The van der Waals surface area contributed by atoms with Gasteiger partial charge in [-0.1, -0.05) is 11.6 Å².